The van der Waals surface area contributed by atoms with Crippen LogP contribution in [0.4, 0.5) is 13.2 Å². The molecule has 1 unspecified atom stereocenters. The molecule has 6 heteroatoms. The minimum atomic E-state index is -3.71. The molecule has 0 heterocycles. The number of hydrogen-bond acceptors (Lipinski definition) is 1. The van der Waals surface area contributed by atoms with Crippen molar-refractivity contribution in [2.24, 2.45) is 0 Å². The van der Waals surface area contributed by atoms with Crippen molar-refractivity contribution in [3.63, 3.8) is 0 Å². The van der Waals surface area contributed by atoms with Gasteiger partial charge in [0.05, 0.1) is 5.02 Å². The molecular weight excluding hydrogens is 252 g/mol. The van der Waals surface area contributed by atoms with E-state index >= 15 is 0 Å². The molecule has 0 aliphatic carbocycles. The summed E-state index contributed by atoms with van der Waals surface area (Å²) in [5.41, 5.74) is 0.286. The predicted molar refractivity (Wildman–Crippen MR) is 51.9 cm³/mol. The summed E-state index contributed by atoms with van der Waals surface area (Å²) in [6.07, 6.45) is -2.42. The van der Waals surface area contributed by atoms with Gasteiger partial charge in [-0.15, -0.1) is 0 Å². The molecule has 84 valence electrons. The van der Waals surface area contributed by atoms with E-state index in [9.17, 15) is 13.2 Å². The zero-order chi connectivity index (χ0) is 11.6. The van der Waals surface area contributed by atoms with Crippen LogP contribution in [0.2, 0.25) is 5.02 Å². The van der Waals surface area contributed by atoms with Crippen LogP contribution in [0, 0.1) is 5.82 Å². The Morgan fingerprint density at radius 2 is 2.00 bits per heavy atom. The van der Waals surface area contributed by atoms with Crippen molar-refractivity contribution in [3.05, 3.63) is 34.6 Å². The SMILES string of the molecule is OC(Cc1ccc(F)c(Cl)c1)C(F)(F)Cl. The number of hydrogen-bond donors (Lipinski definition) is 1. The van der Waals surface area contributed by atoms with E-state index < -0.39 is 23.7 Å². The number of aliphatic hydroxyl groups is 1. The first-order valence-corrected chi connectivity index (χ1v) is 4.75. The summed E-state index contributed by atoms with van der Waals surface area (Å²) >= 11 is 10.0. The van der Waals surface area contributed by atoms with E-state index in [-0.39, 0.29) is 10.6 Å². The fraction of sp³-hybridized carbons (Fsp3) is 0.333. The monoisotopic (exact) mass is 258 g/mol. The average Bonchev–Trinajstić information content (AvgIpc) is 2.10. The van der Waals surface area contributed by atoms with E-state index in [4.69, 9.17) is 16.7 Å². The van der Waals surface area contributed by atoms with E-state index in [1.54, 1.807) is 0 Å². The Balaban J connectivity index is 2.78. The third kappa shape index (κ3) is 3.55. The molecule has 0 spiro atoms. The average molecular weight is 259 g/mol. The van der Waals surface area contributed by atoms with Gasteiger partial charge in [0.1, 0.15) is 11.9 Å². The maximum absolute atomic E-state index is 12.7. The smallest absolute Gasteiger partial charge is 0.347 e. The molecule has 1 rings (SSSR count). The number of aliphatic hydroxyl groups excluding tert-OH is 1. The summed E-state index contributed by atoms with van der Waals surface area (Å²) in [6.45, 7) is 0. The summed E-state index contributed by atoms with van der Waals surface area (Å²) in [7, 11) is 0. The van der Waals surface area contributed by atoms with Gasteiger partial charge in [0.25, 0.3) is 0 Å². The van der Waals surface area contributed by atoms with Crippen LogP contribution < -0.4 is 0 Å². The zero-order valence-corrected chi connectivity index (χ0v) is 8.87. The van der Waals surface area contributed by atoms with Gasteiger partial charge < -0.3 is 5.11 Å². The molecule has 15 heavy (non-hydrogen) atoms. The number of rotatable bonds is 3. The van der Waals surface area contributed by atoms with Gasteiger partial charge in [-0.1, -0.05) is 17.7 Å². The van der Waals surface area contributed by atoms with E-state index in [2.05, 4.69) is 11.6 Å². The first-order valence-electron chi connectivity index (χ1n) is 3.99. The molecule has 0 fully saturated rings. The van der Waals surface area contributed by atoms with Gasteiger partial charge >= 0.3 is 5.38 Å². The molecule has 0 bridgehead atoms. The van der Waals surface area contributed by atoms with Crippen LogP contribution in [0.1, 0.15) is 5.56 Å². The summed E-state index contributed by atoms with van der Waals surface area (Å²) in [5.74, 6) is -0.646. The van der Waals surface area contributed by atoms with Crippen LogP contribution in [0.15, 0.2) is 18.2 Å². The molecule has 1 aromatic carbocycles. The number of alkyl halides is 3. The Labute approximate surface area is 94.4 Å². The van der Waals surface area contributed by atoms with E-state index in [0.29, 0.717) is 0 Å². The number of benzene rings is 1. The van der Waals surface area contributed by atoms with Gasteiger partial charge in [-0.3, -0.25) is 0 Å². The quantitative estimate of drug-likeness (QED) is 0.826. The largest absolute Gasteiger partial charge is 0.385 e. The molecule has 1 atom stereocenters. The highest BCUT2D eigenvalue weighted by molar-refractivity contribution is 6.30. The summed E-state index contributed by atoms with van der Waals surface area (Å²) in [4.78, 5) is 0. The van der Waals surface area contributed by atoms with Gasteiger partial charge in [0.15, 0.2) is 0 Å². The fourth-order valence-corrected chi connectivity index (χ4v) is 1.29. The lowest BCUT2D eigenvalue weighted by Gasteiger charge is -2.15. The topological polar surface area (TPSA) is 20.2 Å². The van der Waals surface area contributed by atoms with Crippen molar-refractivity contribution in [1.82, 2.24) is 0 Å². The molecule has 0 aliphatic heterocycles. The Morgan fingerprint density at radius 1 is 1.40 bits per heavy atom. The van der Waals surface area contributed by atoms with Crippen LogP contribution in [0.5, 0.6) is 0 Å². The molecule has 0 aliphatic rings. The van der Waals surface area contributed by atoms with Crippen molar-refractivity contribution in [2.75, 3.05) is 0 Å². The van der Waals surface area contributed by atoms with E-state index in [1.807, 2.05) is 0 Å². The molecule has 0 radical (unpaired) electrons. The Bertz CT molecular complexity index is 352. The lowest BCUT2D eigenvalue weighted by atomic mass is 10.1. The van der Waals surface area contributed by atoms with Crippen LogP contribution in [-0.4, -0.2) is 16.6 Å². The third-order valence-electron chi connectivity index (χ3n) is 1.79. The van der Waals surface area contributed by atoms with Crippen molar-refractivity contribution >= 4 is 23.2 Å². The highest BCUT2D eigenvalue weighted by Gasteiger charge is 2.35. The zero-order valence-electron chi connectivity index (χ0n) is 7.35. The molecule has 0 amide bonds. The first-order chi connectivity index (χ1) is 6.80. The molecule has 1 nitrogen and oxygen atoms in total. The van der Waals surface area contributed by atoms with Crippen molar-refractivity contribution in [1.29, 1.82) is 0 Å². The minimum absolute atomic E-state index is 0.183. The maximum atomic E-state index is 12.7. The van der Waals surface area contributed by atoms with Crippen LogP contribution in [-0.2, 0) is 6.42 Å². The second kappa shape index (κ2) is 4.60. The molecular formula is C9H7Cl2F3O. The van der Waals surface area contributed by atoms with Gasteiger partial charge in [-0.2, -0.15) is 8.78 Å². The predicted octanol–water partition coefficient (Wildman–Crippen LogP) is 3.21. The normalized spacial score (nSPS) is 14.0. The van der Waals surface area contributed by atoms with Gasteiger partial charge in [0.2, 0.25) is 0 Å². The first kappa shape index (κ1) is 12.6. The molecule has 1 aromatic rings. The second-order valence-electron chi connectivity index (χ2n) is 3.01. The van der Waals surface area contributed by atoms with Crippen LogP contribution >= 0.6 is 23.2 Å². The van der Waals surface area contributed by atoms with E-state index in [0.717, 1.165) is 6.07 Å². The lowest BCUT2D eigenvalue weighted by molar-refractivity contribution is -0.0397. The lowest BCUT2D eigenvalue weighted by Crippen LogP contribution is -2.29. The summed E-state index contributed by atoms with van der Waals surface area (Å²) < 4.78 is 37.5. The molecule has 0 saturated carbocycles. The highest BCUT2D eigenvalue weighted by Crippen LogP contribution is 2.27. The standard InChI is InChI=1S/C9H7Cl2F3O/c10-6-3-5(1-2-7(6)12)4-8(15)9(11,13)14/h1-3,8,15H,4H2. The van der Waals surface area contributed by atoms with E-state index in [1.165, 1.54) is 12.1 Å². The minimum Gasteiger partial charge on any atom is -0.385 e. The Morgan fingerprint density at radius 3 is 2.47 bits per heavy atom. The summed E-state index contributed by atoms with van der Waals surface area (Å²) in [6, 6.07) is 3.46. The fourth-order valence-electron chi connectivity index (χ4n) is 1.01. The molecule has 0 saturated heterocycles. The van der Waals surface area contributed by atoms with Gasteiger partial charge in [-0.05, 0) is 29.3 Å². The second-order valence-corrected chi connectivity index (χ2v) is 3.92. The molecule has 0 aromatic heterocycles. The van der Waals surface area contributed by atoms with Crippen molar-refractivity contribution in [2.45, 2.75) is 17.9 Å². The van der Waals surface area contributed by atoms with Gasteiger partial charge in [-0.25, -0.2) is 4.39 Å². The molecule has 1 N–H and O–H groups in total. The third-order valence-corrected chi connectivity index (χ3v) is 2.33. The Hall–Kier alpha value is -0.450. The van der Waals surface area contributed by atoms with Crippen molar-refractivity contribution < 1.29 is 18.3 Å². The van der Waals surface area contributed by atoms with Crippen LogP contribution in [0.25, 0.3) is 0 Å². The highest BCUT2D eigenvalue weighted by atomic mass is 35.5. The van der Waals surface area contributed by atoms with Gasteiger partial charge in [0, 0.05) is 6.42 Å². The number of halogens is 5. The Kier molecular flexibility index (Phi) is 3.87. The maximum Gasteiger partial charge on any atom is 0.347 e. The summed E-state index contributed by atoms with van der Waals surface area (Å²) in [5, 5.41) is 5.09. The van der Waals surface area contributed by atoms with Crippen LogP contribution in [0.3, 0.4) is 0 Å². The van der Waals surface area contributed by atoms with Crippen molar-refractivity contribution in [3.8, 4) is 0 Å².